The van der Waals surface area contributed by atoms with Gasteiger partial charge in [-0.2, -0.15) is 0 Å². The maximum absolute atomic E-state index is 6.61. The van der Waals surface area contributed by atoms with Crippen molar-refractivity contribution in [3.8, 4) is 17.1 Å². The molecule has 3 aromatic heterocycles. The highest BCUT2D eigenvalue weighted by Crippen LogP contribution is 2.46. The van der Waals surface area contributed by atoms with E-state index in [0.29, 0.717) is 5.89 Å². The standard InChI is InChI=1S/C51H31N3OS/c1-3-12-34(13-4-1)51-52-42-28-25-33-23-22-32-24-26-36(30-40(32)48(33)50(42)55-51)53(35-14-5-2-6-15-35)44-19-11-20-45-49(44)39-17-7-9-18-43(39)54(45)37-27-29-47-41(31-37)38-16-8-10-21-46(38)56-47/h1-31H. The van der Waals surface area contributed by atoms with Crippen molar-refractivity contribution in [2.45, 2.75) is 0 Å². The summed E-state index contributed by atoms with van der Waals surface area (Å²) < 4.78 is 11.7. The molecule has 0 saturated carbocycles. The van der Waals surface area contributed by atoms with Crippen molar-refractivity contribution in [2.24, 2.45) is 0 Å². The quantitative estimate of drug-likeness (QED) is 0.165. The summed E-state index contributed by atoms with van der Waals surface area (Å²) in [6.45, 7) is 0. The van der Waals surface area contributed by atoms with Crippen LogP contribution in [0.2, 0.25) is 0 Å². The molecule has 0 saturated heterocycles. The molecule has 56 heavy (non-hydrogen) atoms. The van der Waals surface area contributed by atoms with Crippen LogP contribution in [0.3, 0.4) is 0 Å². The summed E-state index contributed by atoms with van der Waals surface area (Å²) >= 11 is 1.85. The molecule has 0 amide bonds. The van der Waals surface area contributed by atoms with Crippen molar-refractivity contribution < 1.29 is 4.42 Å². The molecular formula is C51H31N3OS. The first-order valence-electron chi connectivity index (χ1n) is 18.9. The Bertz CT molecular complexity index is 3490. The Labute approximate surface area is 325 Å². The third-order valence-corrected chi connectivity index (χ3v) is 12.3. The second kappa shape index (κ2) is 12.2. The molecule has 0 unspecified atom stereocenters. The monoisotopic (exact) mass is 733 g/mol. The number of fused-ring (bicyclic) bond motifs is 11. The van der Waals surface area contributed by atoms with Gasteiger partial charge >= 0.3 is 0 Å². The van der Waals surface area contributed by atoms with Gasteiger partial charge in [-0.25, -0.2) is 4.98 Å². The molecule has 0 aliphatic carbocycles. The van der Waals surface area contributed by atoms with Crippen molar-refractivity contribution in [2.75, 3.05) is 4.90 Å². The number of aromatic nitrogens is 2. The lowest BCUT2D eigenvalue weighted by Crippen LogP contribution is -2.10. The second-order valence-corrected chi connectivity index (χ2v) is 15.4. The van der Waals surface area contributed by atoms with Gasteiger partial charge in [-0.1, -0.05) is 103 Å². The number of anilines is 3. The van der Waals surface area contributed by atoms with E-state index in [4.69, 9.17) is 9.40 Å². The van der Waals surface area contributed by atoms with Gasteiger partial charge in [0.15, 0.2) is 5.58 Å². The van der Waals surface area contributed by atoms with Crippen LogP contribution in [-0.4, -0.2) is 9.55 Å². The summed E-state index contributed by atoms with van der Waals surface area (Å²) in [7, 11) is 0. The number of oxazole rings is 1. The summed E-state index contributed by atoms with van der Waals surface area (Å²) in [6.07, 6.45) is 0. The number of thiophene rings is 1. The first kappa shape index (κ1) is 31.2. The van der Waals surface area contributed by atoms with Crippen LogP contribution >= 0.6 is 11.3 Å². The molecular weight excluding hydrogens is 703 g/mol. The topological polar surface area (TPSA) is 34.2 Å². The zero-order valence-electron chi connectivity index (χ0n) is 30.1. The van der Waals surface area contributed by atoms with E-state index in [-0.39, 0.29) is 0 Å². The van der Waals surface area contributed by atoms with Crippen molar-refractivity contribution in [1.82, 2.24) is 9.55 Å². The Morgan fingerprint density at radius 2 is 1.20 bits per heavy atom. The molecule has 5 heteroatoms. The first-order valence-corrected chi connectivity index (χ1v) is 19.7. The van der Waals surface area contributed by atoms with Gasteiger partial charge < -0.3 is 13.9 Å². The van der Waals surface area contributed by atoms with Crippen molar-refractivity contribution in [3.05, 3.63) is 188 Å². The van der Waals surface area contributed by atoms with Crippen LogP contribution in [0.15, 0.2) is 192 Å². The predicted octanol–water partition coefficient (Wildman–Crippen LogP) is 14.7. The molecule has 0 fully saturated rings. The van der Waals surface area contributed by atoms with Gasteiger partial charge in [0.2, 0.25) is 5.89 Å². The van der Waals surface area contributed by atoms with E-state index >= 15 is 0 Å². The SMILES string of the molecule is c1ccc(-c2nc3ccc4ccc5ccc(N(c6ccccc6)c6cccc7c6c6ccccc6n7-c6ccc7sc8ccccc8c7c6)cc5c4c3o2)cc1. The molecule has 0 N–H and O–H groups in total. The third-order valence-electron chi connectivity index (χ3n) is 11.2. The first-order chi connectivity index (χ1) is 27.8. The number of hydrogen-bond donors (Lipinski definition) is 0. The molecule has 12 aromatic rings. The van der Waals surface area contributed by atoms with Gasteiger partial charge in [-0.15, -0.1) is 11.3 Å². The highest BCUT2D eigenvalue weighted by atomic mass is 32.1. The van der Waals surface area contributed by atoms with E-state index in [2.05, 4.69) is 167 Å². The minimum absolute atomic E-state index is 0.626. The number of para-hydroxylation sites is 2. The van der Waals surface area contributed by atoms with Gasteiger partial charge in [-0.05, 0) is 101 Å². The fraction of sp³-hybridized carbons (Fsp3) is 0. The minimum atomic E-state index is 0.626. The van der Waals surface area contributed by atoms with Gasteiger partial charge in [0.05, 0.1) is 16.7 Å². The van der Waals surface area contributed by atoms with Crippen LogP contribution in [0.4, 0.5) is 17.1 Å². The number of hydrogen-bond acceptors (Lipinski definition) is 4. The molecule has 0 spiro atoms. The van der Waals surface area contributed by atoms with Gasteiger partial charge in [0.25, 0.3) is 0 Å². The Morgan fingerprint density at radius 1 is 0.482 bits per heavy atom. The maximum atomic E-state index is 6.61. The summed E-state index contributed by atoms with van der Waals surface area (Å²) in [4.78, 5) is 7.34. The normalized spacial score (nSPS) is 11.9. The highest BCUT2D eigenvalue weighted by Gasteiger charge is 2.22. The largest absolute Gasteiger partial charge is 0.435 e. The highest BCUT2D eigenvalue weighted by molar-refractivity contribution is 7.25. The van der Waals surface area contributed by atoms with E-state index < -0.39 is 0 Å². The zero-order valence-corrected chi connectivity index (χ0v) is 30.9. The number of benzene rings is 9. The summed E-state index contributed by atoms with van der Waals surface area (Å²) in [6, 6.07) is 67.4. The Kier molecular flexibility index (Phi) is 6.76. The minimum Gasteiger partial charge on any atom is -0.435 e. The fourth-order valence-electron chi connectivity index (χ4n) is 8.68. The average molecular weight is 734 g/mol. The smallest absolute Gasteiger partial charge is 0.227 e. The van der Waals surface area contributed by atoms with Gasteiger partial charge in [-0.3, -0.25) is 0 Å². The summed E-state index contributed by atoms with van der Waals surface area (Å²) in [5.74, 6) is 0.626. The van der Waals surface area contributed by atoms with Crippen LogP contribution < -0.4 is 4.90 Å². The number of nitrogens with zero attached hydrogens (tertiary/aromatic N) is 3. The lowest BCUT2D eigenvalue weighted by Gasteiger charge is -2.27. The molecule has 9 aromatic carbocycles. The van der Waals surface area contributed by atoms with Crippen LogP contribution in [-0.2, 0) is 0 Å². The fourth-order valence-corrected chi connectivity index (χ4v) is 9.76. The van der Waals surface area contributed by atoms with E-state index in [9.17, 15) is 0 Å². The molecule has 0 aliphatic heterocycles. The van der Waals surface area contributed by atoms with Crippen molar-refractivity contribution in [1.29, 1.82) is 0 Å². The molecule has 4 nitrogen and oxygen atoms in total. The van der Waals surface area contributed by atoms with Gasteiger partial charge in [0, 0.05) is 59.0 Å². The molecule has 3 heterocycles. The van der Waals surface area contributed by atoms with E-state index in [1.807, 2.05) is 41.7 Å². The molecule has 0 atom stereocenters. The van der Waals surface area contributed by atoms with Crippen LogP contribution in [0.25, 0.3) is 91.8 Å². The molecule has 0 aliphatic rings. The van der Waals surface area contributed by atoms with E-state index in [0.717, 1.165) is 66.5 Å². The van der Waals surface area contributed by atoms with Crippen molar-refractivity contribution >= 4 is 103 Å². The van der Waals surface area contributed by atoms with Gasteiger partial charge in [0.1, 0.15) is 5.52 Å². The average Bonchev–Trinajstić information content (AvgIpc) is 3.96. The Hall–Kier alpha value is -7.21. The number of rotatable bonds is 5. The summed E-state index contributed by atoms with van der Waals surface area (Å²) in [5.41, 5.74) is 9.35. The molecule has 12 rings (SSSR count). The third kappa shape index (κ3) is 4.68. The lowest BCUT2D eigenvalue weighted by atomic mass is 9.99. The zero-order chi connectivity index (χ0) is 36.7. The molecule has 262 valence electrons. The summed E-state index contributed by atoms with van der Waals surface area (Å²) in [5, 5.41) is 9.44. The Morgan fingerprint density at radius 3 is 2.09 bits per heavy atom. The molecule has 0 radical (unpaired) electrons. The Balaban J connectivity index is 1.11. The van der Waals surface area contributed by atoms with E-state index in [1.165, 1.54) is 36.5 Å². The lowest BCUT2D eigenvalue weighted by molar-refractivity contribution is 0.623. The van der Waals surface area contributed by atoms with E-state index in [1.54, 1.807) is 0 Å². The molecule has 0 bridgehead atoms. The van der Waals surface area contributed by atoms with Crippen LogP contribution in [0.1, 0.15) is 0 Å². The van der Waals surface area contributed by atoms with Crippen LogP contribution in [0.5, 0.6) is 0 Å². The van der Waals surface area contributed by atoms with Crippen molar-refractivity contribution in [3.63, 3.8) is 0 Å². The second-order valence-electron chi connectivity index (χ2n) is 14.3. The predicted molar refractivity (Wildman–Crippen MR) is 236 cm³/mol. The van der Waals surface area contributed by atoms with Crippen LogP contribution in [0, 0.1) is 0 Å². The maximum Gasteiger partial charge on any atom is 0.227 e.